The molecule has 2 nitrogen and oxygen atoms in total. The van der Waals surface area contributed by atoms with Crippen LogP contribution in [0.3, 0.4) is 0 Å². The molecule has 0 atom stereocenters. The average Bonchev–Trinajstić information content (AvgIpc) is 1.94. The Hall–Kier alpha value is -0.590. The Balaban J connectivity index is 3.25. The Bertz CT molecular complexity index is 292. The number of pyridine rings is 1. The summed E-state index contributed by atoms with van der Waals surface area (Å²) in [5.41, 5.74) is 0.451. The van der Waals surface area contributed by atoms with Crippen LogP contribution in [0.25, 0.3) is 0 Å². The number of aromatic nitrogens is 1. The molecule has 50 valence electrons. The Morgan fingerprint density at radius 1 is 1.70 bits per heavy atom. The molecular formula is C6H2BrClN2. The molecule has 1 aromatic heterocycles. The smallest absolute Gasteiger partial charge is 0.123 e. The Kier molecular flexibility index (Phi) is 2.25. The Morgan fingerprint density at radius 3 is 2.90 bits per heavy atom. The summed E-state index contributed by atoms with van der Waals surface area (Å²) in [5.74, 6) is 0. The number of hydrogen-bond donors (Lipinski definition) is 0. The number of nitrogens with zero attached hydrogens (tertiary/aromatic N) is 2. The van der Waals surface area contributed by atoms with Crippen LogP contribution in [0.2, 0.25) is 5.02 Å². The van der Waals surface area contributed by atoms with Gasteiger partial charge in [0.25, 0.3) is 0 Å². The van der Waals surface area contributed by atoms with Crippen LogP contribution in [0.15, 0.2) is 16.9 Å². The third-order valence-electron chi connectivity index (χ3n) is 0.926. The van der Waals surface area contributed by atoms with Gasteiger partial charge in [-0.1, -0.05) is 11.6 Å². The van der Waals surface area contributed by atoms with Crippen molar-refractivity contribution in [3.05, 3.63) is 27.5 Å². The van der Waals surface area contributed by atoms with Gasteiger partial charge in [0.15, 0.2) is 0 Å². The molecule has 4 heteroatoms. The maximum absolute atomic E-state index is 8.46. The first-order chi connectivity index (χ1) is 4.74. The Labute approximate surface area is 71.6 Å². The fourth-order valence-electron chi connectivity index (χ4n) is 0.501. The molecule has 0 radical (unpaired) electrons. The minimum absolute atomic E-state index is 0.451. The van der Waals surface area contributed by atoms with E-state index in [1.54, 1.807) is 6.07 Å². The normalized spacial score (nSPS) is 8.90. The van der Waals surface area contributed by atoms with Gasteiger partial charge < -0.3 is 0 Å². The molecule has 0 N–H and O–H groups in total. The second-order valence-electron chi connectivity index (χ2n) is 1.60. The van der Waals surface area contributed by atoms with Gasteiger partial charge in [0.1, 0.15) is 10.7 Å². The monoisotopic (exact) mass is 216 g/mol. The third-order valence-corrected chi connectivity index (χ3v) is 1.76. The fraction of sp³-hybridized carbons (Fsp3) is 0. The second-order valence-corrected chi connectivity index (χ2v) is 2.79. The lowest BCUT2D eigenvalue weighted by Crippen LogP contribution is -1.80. The minimum Gasteiger partial charge on any atom is -0.246 e. The first kappa shape index (κ1) is 7.52. The molecule has 0 fully saturated rings. The lowest BCUT2D eigenvalue weighted by Gasteiger charge is -1.92. The van der Waals surface area contributed by atoms with Crippen LogP contribution in [0.5, 0.6) is 0 Å². The molecule has 0 aliphatic rings. The fourth-order valence-corrected chi connectivity index (χ4v) is 0.964. The van der Waals surface area contributed by atoms with Crippen molar-refractivity contribution >= 4 is 27.5 Å². The quantitative estimate of drug-likeness (QED) is 0.626. The van der Waals surface area contributed by atoms with Crippen molar-refractivity contribution in [3.63, 3.8) is 0 Å². The molecule has 0 aliphatic carbocycles. The number of halogens is 2. The summed E-state index contributed by atoms with van der Waals surface area (Å²) in [4.78, 5) is 3.81. The predicted octanol–water partition coefficient (Wildman–Crippen LogP) is 2.37. The van der Waals surface area contributed by atoms with E-state index < -0.39 is 0 Å². The summed E-state index contributed by atoms with van der Waals surface area (Å²) in [6.45, 7) is 0. The zero-order chi connectivity index (χ0) is 7.56. The lowest BCUT2D eigenvalue weighted by atomic mass is 10.3. The molecule has 0 saturated heterocycles. The standard InChI is InChI=1S/C6H2BrClN2/c7-6-4(2-9)1-5(8)3-10-6/h1,3H. The Morgan fingerprint density at radius 2 is 2.40 bits per heavy atom. The van der Waals surface area contributed by atoms with Crippen molar-refractivity contribution < 1.29 is 0 Å². The van der Waals surface area contributed by atoms with Crippen molar-refractivity contribution in [2.45, 2.75) is 0 Å². The zero-order valence-corrected chi connectivity index (χ0v) is 7.15. The van der Waals surface area contributed by atoms with E-state index in [2.05, 4.69) is 20.9 Å². The van der Waals surface area contributed by atoms with Crippen LogP contribution in [0, 0.1) is 11.3 Å². The van der Waals surface area contributed by atoms with Gasteiger partial charge in [0.05, 0.1) is 10.6 Å². The van der Waals surface area contributed by atoms with Gasteiger partial charge in [-0.3, -0.25) is 0 Å². The number of hydrogen-bond acceptors (Lipinski definition) is 2. The summed E-state index contributed by atoms with van der Waals surface area (Å²) >= 11 is 8.66. The van der Waals surface area contributed by atoms with E-state index in [4.69, 9.17) is 16.9 Å². The molecule has 0 aromatic carbocycles. The SMILES string of the molecule is N#Cc1cc(Cl)cnc1Br. The molecule has 1 heterocycles. The van der Waals surface area contributed by atoms with Crippen molar-refractivity contribution in [2.24, 2.45) is 0 Å². The molecule has 0 spiro atoms. The van der Waals surface area contributed by atoms with Gasteiger partial charge in [0, 0.05) is 6.20 Å². The predicted molar refractivity (Wildman–Crippen MR) is 41.7 cm³/mol. The van der Waals surface area contributed by atoms with E-state index in [1.807, 2.05) is 6.07 Å². The van der Waals surface area contributed by atoms with Crippen LogP contribution >= 0.6 is 27.5 Å². The largest absolute Gasteiger partial charge is 0.246 e. The van der Waals surface area contributed by atoms with Crippen LogP contribution in [-0.2, 0) is 0 Å². The molecule has 0 bridgehead atoms. The third kappa shape index (κ3) is 1.47. The molecule has 1 rings (SSSR count). The van der Waals surface area contributed by atoms with E-state index in [0.29, 0.717) is 15.2 Å². The highest BCUT2D eigenvalue weighted by Gasteiger charge is 1.98. The van der Waals surface area contributed by atoms with Crippen LogP contribution in [0.4, 0.5) is 0 Å². The maximum atomic E-state index is 8.46. The van der Waals surface area contributed by atoms with Crippen molar-refractivity contribution in [1.82, 2.24) is 4.98 Å². The van der Waals surface area contributed by atoms with Gasteiger partial charge >= 0.3 is 0 Å². The maximum Gasteiger partial charge on any atom is 0.123 e. The highest BCUT2D eigenvalue weighted by Crippen LogP contribution is 2.16. The van der Waals surface area contributed by atoms with E-state index in [0.717, 1.165) is 0 Å². The lowest BCUT2D eigenvalue weighted by molar-refractivity contribution is 1.25. The molecule has 0 saturated carbocycles. The van der Waals surface area contributed by atoms with Gasteiger partial charge in [-0.25, -0.2) is 4.98 Å². The summed E-state index contributed by atoms with van der Waals surface area (Å²) in [6, 6.07) is 3.50. The van der Waals surface area contributed by atoms with Crippen molar-refractivity contribution in [1.29, 1.82) is 5.26 Å². The van der Waals surface area contributed by atoms with Gasteiger partial charge in [0.2, 0.25) is 0 Å². The summed E-state index contributed by atoms with van der Waals surface area (Å²) in [7, 11) is 0. The van der Waals surface area contributed by atoms with Crippen LogP contribution in [-0.4, -0.2) is 4.98 Å². The summed E-state index contributed by atoms with van der Waals surface area (Å²) in [6.07, 6.45) is 1.48. The first-order valence-electron chi connectivity index (χ1n) is 2.45. The number of nitriles is 1. The van der Waals surface area contributed by atoms with Gasteiger partial charge in [-0.2, -0.15) is 5.26 Å². The molecule has 1 aromatic rings. The second kappa shape index (κ2) is 3.00. The summed E-state index contributed by atoms with van der Waals surface area (Å²) in [5, 5.41) is 8.94. The van der Waals surface area contributed by atoms with Crippen LogP contribution in [0.1, 0.15) is 5.56 Å². The minimum atomic E-state index is 0.451. The highest BCUT2D eigenvalue weighted by molar-refractivity contribution is 9.10. The topological polar surface area (TPSA) is 36.7 Å². The van der Waals surface area contributed by atoms with Crippen molar-refractivity contribution in [2.75, 3.05) is 0 Å². The zero-order valence-electron chi connectivity index (χ0n) is 4.81. The first-order valence-corrected chi connectivity index (χ1v) is 3.62. The van der Waals surface area contributed by atoms with Gasteiger partial charge in [-0.05, 0) is 22.0 Å². The molecule has 0 aliphatic heterocycles. The van der Waals surface area contributed by atoms with Crippen LogP contribution < -0.4 is 0 Å². The molecule has 0 amide bonds. The summed E-state index contributed by atoms with van der Waals surface area (Å²) < 4.78 is 0.527. The molecule has 0 unspecified atom stereocenters. The average molecular weight is 217 g/mol. The number of rotatable bonds is 0. The van der Waals surface area contributed by atoms with E-state index >= 15 is 0 Å². The van der Waals surface area contributed by atoms with E-state index in [-0.39, 0.29) is 0 Å². The molecular weight excluding hydrogens is 215 g/mol. The van der Waals surface area contributed by atoms with E-state index in [9.17, 15) is 0 Å². The van der Waals surface area contributed by atoms with Crippen molar-refractivity contribution in [3.8, 4) is 6.07 Å². The van der Waals surface area contributed by atoms with E-state index in [1.165, 1.54) is 6.20 Å². The van der Waals surface area contributed by atoms with Gasteiger partial charge in [-0.15, -0.1) is 0 Å². The highest BCUT2D eigenvalue weighted by atomic mass is 79.9. The molecule has 10 heavy (non-hydrogen) atoms.